The van der Waals surface area contributed by atoms with Crippen molar-refractivity contribution in [3.05, 3.63) is 77.6 Å². The molecule has 0 bridgehead atoms. The van der Waals surface area contributed by atoms with Gasteiger partial charge in [-0.1, -0.05) is 47.7 Å². The molecule has 0 radical (unpaired) electrons. The Balaban J connectivity index is 0.000000968. The highest BCUT2D eigenvalue weighted by molar-refractivity contribution is 6.02. The molecule has 1 heterocycles. The molecule has 3 N–H and O–H groups in total. The number of nitrogens with one attached hydrogen (secondary N) is 2. The van der Waals surface area contributed by atoms with Gasteiger partial charge in [-0.2, -0.15) is 5.21 Å². The fourth-order valence-electron chi connectivity index (χ4n) is 3.56. The van der Waals surface area contributed by atoms with Gasteiger partial charge in [0.25, 0.3) is 12.4 Å². The maximum absolute atomic E-state index is 12.5. The summed E-state index contributed by atoms with van der Waals surface area (Å²) in [6, 6.07) is 20.6. The Labute approximate surface area is 191 Å². The highest BCUT2D eigenvalue weighted by atomic mass is 16.3. The molecular weight excluding hydrogens is 420 g/mol. The van der Waals surface area contributed by atoms with Crippen LogP contribution in [0.1, 0.15) is 21.7 Å². The lowest BCUT2D eigenvalue weighted by Crippen LogP contribution is -2.25. The summed E-state index contributed by atoms with van der Waals surface area (Å²) in [5.74, 6) is 0.466. The predicted molar refractivity (Wildman–Crippen MR) is 126 cm³/mol. The number of hydrogen-bond donors (Lipinski definition) is 3. The first-order valence-electron chi connectivity index (χ1n) is 10.4. The fourth-order valence-corrected chi connectivity index (χ4v) is 3.56. The van der Waals surface area contributed by atoms with Gasteiger partial charge < -0.3 is 15.3 Å². The number of aromatic amines is 1. The molecular formula is C24H26N6O3. The van der Waals surface area contributed by atoms with E-state index in [0.29, 0.717) is 24.4 Å². The molecule has 0 aliphatic heterocycles. The van der Waals surface area contributed by atoms with Crippen LogP contribution in [0.15, 0.2) is 60.7 Å². The van der Waals surface area contributed by atoms with Gasteiger partial charge in [-0.05, 0) is 59.8 Å². The largest absolute Gasteiger partial charge is 0.483 e. The molecule has 0 saturated heterocycles. The number of carbonyl (C=O) groups is 2. The van der Waals surface area contributed by atoms with Crippen LogP contribution in [0, 0.1) is 0 Å². The third-order valence-corrected chi connectivity index (χ3v) is 4.90. The van der Waals surface area contributed by atoms with Crippen LogP contribution in [0.2, 0.25) is 0 Å². The van der Waals surface area contributed by atoms with E-state index in [1.807, 2.05) is 30.3 Å². The quantitative estimate of drug-likeness (QED) is 0.373. The molecule has 0 atom stereocenters. The van der Waals surface area contributed by atoms with Gasteiger partial charge in [-0.15, -0.1) is 10.2 Å². The van der Waals surface area contributed by atoms with Crippen LogP contribution >= 0.6 is 0 Å². The minimum atomic E-state index is -0.250. The van der Waals surface area contributed by atoms with Gasteiger partial charge in [-0.25, -0.2) is 0 Å². The number of rotatable bonds is 7. The number of carboxylic acid groups (broad SMARTS) is 1. The third kappa shape index (κ3) is 6.44. The van der Waals surface area contributed by atoms with Crippen LogP contribution in [0.5, 0.6) is 0 Å². The molecule has 0 spiro atoms. The number of aromatic nitrogens is 4. The van der Waals surface area contributed by atoms with Gasteiger partial charge >= 0.3 is 0 Å². The van der Waals surface area contributed by atoms with E-state index in [1.54, 1.807) is 0 Å². The number of carbonyl (C=O) groups excluding carboxylic acids is 1. The lowest BCUT2D eigenvalue weighted by atomic mass is 9.95. The van der Waals surface area contributed by atoms with Crippen LogP contribution in [-0.4, -0.2) is 63.7 Å². The van der Waals surface area contributed by atoms with Gasteiger partial charge in [0.2, 0.25) is 0 Å². The Kier molecular flexibility index (Phi) is 8.20. The van der Waals surface area contributed by atoms with Crippen molar-refractivity contribution < 1.29 is 14.7 Å². The average molecular weight is 447 g/mol. The predicted octanol–water partition coefficient (Wildman–Crippen LogP) is 2.75. The van der Waals surface area contributed by atoms with Gasteiger partial charge in [0.15, 0.2) is 5.82 Å². The molecule has 0 unspecified atom stereocenters. The molecule has 0 fully saturated rings. The number of hydrogen-bond acceptors (Lipinski definition) is 6. The van der Waals surface area contributed by atoms with Crippen molar-refractivity contribution in [1.29, 1.82) is 0 Å². The first-order chi connectivity index (χ1) is 16.0. The molecule has 1 aromatic heterocycles. The number of fused-ring (bicyclic) bond motifs is 1. The van der Waals surface area contributed by atoms with Crippen molar-refractivity contribution in [1.82, 2.24) is 30.8 Å². The minimum absolute atomic E-state index is 0.112. The lowest BCUT2D eigenvalue weighted by Gasteiger charge is -2.13. The van der Waals surface area contributed by atoms with Gasteiger partial charge in [0.05, 0.1) is 0 Å². The van der Waals surface area contributed by atoms with Crippen LogP contribution < -0.4 is 5.32 Å². The molecule has 9 heteroatoms. The summed E-state index contributed by atoms with van der Waals surface area (Å²) in [5.41, 5.74) is 4.25. The van der Waals surface area contributed by atoms with Crippen molar-refractivity contribution in [3.63, 3.8) is 0 Å². The number of benzene rings is 3. The fraction of sp³-hybridized carbons (Fsp3) is 0.208. The SMILES string of the molecule is CN(C)Cc1cccc(-c2cccc3cc(C(=O)NCCc4nn[nH]n4)ccc23)c1.O=CO. The van der Waals surface area contributed by atoms with E-state index in [2.05, 4.69) is 75.3 Å². The molecule has 4 rings (SSSR count). The van der Waals surface area contributed by atoms with Gasteiger partial charge in [0, 0.05) is 25.1 Å². The summed E-state index contributed by atoms with van der Waals surface area (Å²) < 4.78 is 0. The number of H-pyrrole nitrogens is 1. The zero-order chi connectivity index (χ0) is 23.6. The van der Waals surface area contributed by atoms with Crippen LogP contribution in [0.3, 0.4) is 0 Å². The normalized spacial score (nSPS) is 10.5. The molecule has 170 valence electrons. The minimum Gasteiger partial charge on any atom is -0.483 e. The first-order valence-corrected chi connectivity index (χ1v) is 10.4. The Bertz CT molecular complexity index is 1210. The van der Waals surface area contributed by atoms with E-state index in [-0.39, 0.29) is 12.4 Å². The van der Waals surface area contributed by atoms with Crippen LogP contribution in [-0.2, 0) is 17.8 Å². The van der Waals surface area contributed by atoms with E-state index >= 15 is 0 Å². The third-order valence-electron chi connectivity index (χ3n) is 4.90. The van der Waals surface area contributed by atoms with E-state index in [4.69, 9.17) is 9.90 Å². The molecule has 3 aromatic carbocycles. The number of amides is 1. The molecule has 0 aliphatic carbocycles. The molecule has 1 amide bonds. The van der Waals surface area contributed by atoms with E-state index < -0.39 is 0 Å². The second-order valence-electron chi connectivity index (χ2n) is 7.62. The molecule has 0 saturated carbocycles. The van der Waals surface area contributed by atoms with E-state index in [0.717, 1.165) is 22.9 Å². The average Bonchev–Trinajstić information content (AvgIpc) is 3.32. The number of tetrazole rings is 1. The Hall–Kier alpha value is -4.11. The Morgan fingerprint density at radius 1 is 1.12 bits per heavy atom. The standard InChI is InChI=1S/C23H24N6O.CH2O2/c1-29(2)15-16-5-3-6-17(13-16)20-8-4-7-18-14-19(9-10-21(18)20)23(30)24-12-11-22-25-27-28-26-22;2-1-3/h3-10,13-14H,11-12,15H2,1-2H3,(H,24,30)(H,25,26,27,28);1H,(H,2,3). The molecule has 33 heavy (non-hydrogen) atoms. The van der Waals surface area contributed by atoms with Crippen molar-refractivity contribution >= 4 is 23.2 Å². The van der Waals surface area contributed by atoms with Crippen LogP contribution in [0.25, 0.3) is 21.9 Å². The smallest absolute Gasteiger partial charge is 0.290 e. The van der Waals surface area contributed by atoms with E-state index in [1.165, 1.54) is 11.1 Å². The van der Waals surface area contributed by atoms with Crippen molar-refractivity contribution in [2.75, 3.05) is 20.6 Å². The zero-order valence-electron chi connectivity index (χ0n) is 18.5. The molecule has 9 nitrogen and oxygen atoms in total. The topological polar surface area (TPSA) is 124 Å². The van der Waals surface area contributed by atoms with Gasteiger partial charge in [-0.3, -0.25) is 9.59 Å². The summed E-state index contributed by atoms with van der Waals surface area (Å²) in [4.78, 5) is 23.1. The molecule has 0 aliphatic rings. The lowest BCUT2D eigenvalue weighted by molar-refractivity contribution is -0.122. The van der Waals surface area contributed by atoms with Crippen LogP contribution in [0.4, 0.5) is 0 Å². The maximum atomic E-state index is 12.5. The molecule has 4 aromatic rings. The van der Waals surface area contributed by atoms with Crippen molar-refractivity contribution in [3.8, 4) is 11.1 Å². The second-order valence-corrected chi connectivity index (χ2v) is 7.62. The zero-order valence-corrected chi connectivity index (χ0v) is 18.5. The van der Waals surface area contributed by atoms with Crippen molar-refractivity contribution in [2.24, 2.45) is 0 Å². The van der Waals surface area contributed by atoms with Crippen molar-refractivity contribution in [2.45, 2.75) is 13.0 Å². The summed E-state index contributed by atoms with van der Waals surface area (Å²) in [6.45, 7) is 1.10. The number of nitrogens with zero attached hydrogens (tertiary/aromatic N) is 4. The first kappa shape index (κ1) is 23.6. The summed E-state index contributed by atoms with van der Waals surface area (Å²) >= 11 is 0. The van der Waals surface area contributed by atoms with Gasteiger partial charge in [0.1, 0.15) is 0 Å². The van der Waals surface area contributed by atoms with E-state index in [9.17, 15) is 4.79 Å². The maximum Gasteiger partial charge on any atom is 0.290 e. The Morgan fingerprint density at radius 2 is 1.91 bits per heavy atom. The Morgan fingerprint density at radius 3 is 2.64 bits per heavy atom. The summed E-state index contributed by atoms with van der Waals surface area (Å²) in [5, 5.41) is 25.7. The highest BCUT2D eigenvalue weighted by Crippen LogP contribution is 2.30. The highest BCUT2D eigenvalue weighted by Gasteiger charge is 2.10. The second kappa shape index (κ2) is 11.5. The monoisotopic (exact) mass is 446 g/mol. The summed E-state index contributed by atoms with van der Waals surface area (Å²) in [6.07, 6.45) is 0.531. The summed E-state index contributed by atoms with van der Waals surface area (Å²) in [7, 11) is 4.14.